The highest BCUT2D eigenvalue weighted by Gasteiger charge is 2.44. The average molecular weight is 539 g/mol. The third-order valence-electron chi connectivity index (χ3n) is 8.62. The lowest BCUT2D eigenvalue weighted by Gasteiger charge is -2.19. The second-order valence-corrected chi connectivity index (χ2v) is 11.5. The van der Waals surface area contributed by atoms with E-state index in [4.69, 9.17) is 9.51 Å². The van der Waals surface area contributed by atoms with Gasteiger partial charge in [-0.05, 0) is 68.7 Å². The Kier molecular flexibility index (Phi) is 5.62. The molecule has 5 aromatic rings. The molecule has 2 aliphatic carbocycles. The molecule has 10 nitrogen and oxygen atoms in total. The zero-order valence-corrected chi connectivity index (χ0v) is 23.2. The van der Waals surface area contributed by atoms with E-state index in [9.17, 15) is 4.79 Å². The molecular formula is C30H34N8O2. The average Bonchev–Trinajstić information content (AvgIpc) is 3.25. The summed E-state index contributed by atoms with van der Waals surface area (Å²) in [4.78, 5) is 30.3. The van der Waals surface area contributed by atoms with Gasteiger partial charge in [-0.15, -0.1) is 0 Å². The molecule has 4 heterocycles. The number of carbonyl (C=O) groups is 1. The number of amides is 1. The van der Waals surface area contributed by atoms with Gasteiger partial charge >= 0.3 is 11.8 Å². The van der Waals surface area contributed by atoms with Crippen LogP contribution in [0.1, 0.15) is 85.5 Å². The number of benzene rings is 1. The Morgan fingerprint density at radius 3 is 2.83 bits per heavy atom. The summed E-state index contributed by atoms with van der Waals surface area (Å²) in [6, 6.07) is 8.42. The number of aryl methyl sites for hydroxylation is 3. The molecule has 206 valence electrons. The normalized spacial score (nSPS) is 17.9. The number of imidazole rings is 1. The van der Waals surface area contributed by atoms with Crippen LogP contribution in [0.3, 0.4) is 0 Å². The van der Waals surface area contributed by atoms with E-state index in [1.807, 2.05) is 31.6 Å². The molecule has 0 saturated heterocycles. The fourth-order valence-electron chi connectivity index (χ4n) is 5.88. The Morgan fingerprint density at radius 1 is 1.20 bits per heavy atom. The zero-order chi connectivity index (χ0) is 27.6. The first kappa shape index (κ1) is 24.7. The van der Waals surface area contributed by atoms with Crippen molar-refractivity contribution in [1.29, 1.82) is 0 Å². The second kappa shape index (κ2) is 9.11. The van der Waals surface area contributed by atoms with E-state index in [1.165, 1.54) is 5.56 Å². The topological polar surface area (TPSA) is 127 Å². The lowest BCUT2D eigenvalue weighted by molar-refractivity contribution is 0.0890. The van der Waals surface area contributed by atoms with Crippen molar-refractivity contribution in [2.24, 2.45) is 7.05 Å². The van der Waals surface area contributed by atoms with Crippen LogP contribution in [0, 0.1) is 13.8 Å². The highest BCUT2D eigenvalue weighted by molar-refractivity contribution is 5.92. The number of aromatic nitrogens is 7. The van der Waals surface area contributed by atoms with Crippen LogP contribution in [0.5, 0.6) is 0 Å². The molecule has 40 heavy (non-hydrogen) atoms. The molecule has 1 unspecified atom stereocenters. The number of pyridine rings is 1. The highest BCUT2D eigenvalue weighted by Crippen LogP contribution is 2.46. The van der Waals surface area contributed by atoms with Gasteiger partial charge in [0, 0.05) is 31.3 Å². The van der Waals surface area contributed by atoms with Gasteiger partial charge in [0.15, 0.2) is 11.5 Å². The summed E-state index contributed by atoms with van der Waals surface area (Å²) in [5.41, 5.74) is 9.02. The van der Waals surface area contributed by atoms with E-state index in [1.54, 1.807) is 6.20 Å². The molecule has 0 bridgehead atoms. The fraction of sp³-hybridized carbons (Fsp3) is 0.400. The van der Waals surface area contributed by atoms with Crippen LogP contribution in [0.25, 0.3) is 33.7 Å². The minimum absolute atomic E-state index is 0. The Balaban J connectivity index is 0.00000302. The third kappa shape index (κ3) is 4.09. The van der Waals surface area contributed by atoms with Crippen LogP contribution < -0.4 is 5.32 Å². The quantitative estimate of drug-likeness (QED) is 0.282. The molecule has 0 aliphatic heterocycles. The van der Waals surface area contributed by atoms with Crippen molar-refractivity contribution in [2.75, 3.05) is 0 Å². The molecule has 1 amide bonds. The lowest BCUT2D eigenvalue weighted by atomic mass is 9.94. The Labute approximate surface area is 233 Å². The maximum atomic E-state index is 13.1. The van der Waals surface area contributed by atoms with Crippen LogP contribution in [-0.2, 0) is 18.9 Å². The van der Waals surface area contributed by atoms with Crippen LogP contribution in [0.15, 0.2) is 35.0 Å². The molecule has 4 aromatic heterocycles. The fourth-order valence-corrected chi connectivity index (χ4v) is 5.88. The van der Waals surface area contributed by atoms with Gasteiger partial charge in [-0.1, -0.05) is 36.7 Å². The number of hydrogen-bond donors (Lipinski definition) is 2. The van der Waals surface area contributed by atoms with Gasteiger partial charge in [0.1, 0.15) is 5.82 Å². The van der Waals surface area contributed by atoms with Gasteiger partial charge < -0.3 is 14.8 Å². The summed E-state index contributed by atoms with van der Waals surface area (Å²) in [5.74, 6) is 1.13. The number of nitrogens with zero attached hydrogens (tertiary/aromatic N) is 6. The van der Waals surface area contributed by atoms with E-state index >= 15 is 0 Å². The Hall–Kier alpha value is -4.34. The van der Waals surface area contributed by atoms with E-state index < -0.39 is 0 Å². The van der Waals surface area contributed by atoms with Crippen molar-refractivity contribution >= 4 is 17.1 Å². The maximum absolute atomic E-state index is 13.1. The minimum atomic E-state index is -0.313. The molecule has 10 heteroatoms. The lowest BCUT2D eigenvalue weighted by Crippen LogP contribution is -2.29. The maximum Gasteiger partial charge on any atom is 0.315 e. The summed E-state index contributed by atoms with van der Waals surface area (Å²) in [6.45, 7) is 6.14. The minimum Gasteiger partial charge on any atom is -0.341 e. The van der Waals surface area contributed by atoms with E-state index in [-0.39, 0.29) is 24.7 Å². The van der Waals surface area contributed by atoms with Crippen molar-refractivity contribution < 1.29 is 10.7 Å². The second-order valence-electron chi connectivity index (χ2n) is 11.5. The molecule has 1 fully saturated rings. The van der Waals surface area contributed by atoms with Gasteiger partial charge in [-0.3, -0.25) is 9.48 Å². The summed E-state index contributed by atoms with van der Waals surface area (Å²) in [5, 5.41) is 11.8. The molecule has 0 radical (unpaired) electrons. The number of rotatable bonds is 5. The highest BCUT2D eigenvalue weighted by atomic mass is 16.5. The smallest absolute Gasteiger partial charge is 0.315 e. The van der Waals surface area contributed by atoms with Crippen LogP contribution in [-0.4, -0.2) is 40.8 Å². The van der Waals surface area contributed by atoms with Gasteiger partial charge in [0.05, 0.1) is 22.8 Å². The Morgan fingerprint density at radius 2 is 2.05 bits per heavy atom. The van der Waals surface area contributed by atoms with Crippen molar-refractivity contribution in [3.8, 4) is 22.5 Å². The molecule has 1 saturated carbocycles. The van der Waals surface area contributed by atoms with Gasteiger partial charge in [0.2, 0.25) is 0 Å². The summed E-state index contributed by atoms with van der Waals surface area (Å²) >= 11 is 0. The first-order valence-corrected chi connectivity index (χ1v) is 13.9. The number of nitrogens with one attached hydrogen (secondary N) is 2. The number of carbonyl (C=O) groups excluding carboxylic acids is 1. The van der Waals surface area contributed by atoms with Crippen LogP contribution in [0.2, 0.25) is 0 Å². The van der Waals surface area contributed by atoms with Crippen molar-refractivity contribution in [3.63, 3.8) is 0 Å². The van der Waals surface area contributed by atoms with Crippen LogP contribution >= 0.6 is 0 Å². The van der Waals surface area contributed by atoms with Crippen molar-refractivity contribution in [3.05, 3.63) is 64.7 Å². The predicted molar refractivity (Wildman–Crippen MR) is 152 cm³/mol. The van der Waals surface area contributed by atoms with E-state index in [0.717, 1.165) is 83.5 Å². The molecule has 0 spiro atoms. The monoisotopic (exact) mass is 538 g/mol. The largest absolute Gasteiger partial charge is 0.341 e. The first-order valence-electron chi connectivity index (χ1n) is 13.9. The predicted octanol–water partition coefficient (Wildman–Crippen LogP) is 5.52. The third-order valence-corrected chi connectivity index (χ3v) is 8.62. The SMILES string of the molecule is Cc1nn(C)c(C)c1-c1nc2nccc(-c3ccc4c(c3)CCCCC4NC(=O)c3nc(C4(C)CC4)no3)c2[nH]1.[HH]. The van der Waals surface area contributed by atoms with Gasteiger partial charge in [-0.2, -0.15) is 10.1 Å². The summed E-state index contributed by atoms with van der Waals surface area (Å²) in [7, 11) is 1.94. The van der Waals surface area contributed by atoms with Crippen molar-refractivity contribution in [2.45, 2.75) is 70.8 Å². The van der Waals surface area contributed by atoms with Gasteiger partial charge in [-0.25, -0.2) is 9.97 Å². The number of fused-ring (bicyclic) bond motifs is 2. The van der Waals surface area contributed by atoms with Gasteiger partial charge in [0.25, 0.3) is 0 Å². The number of hydrogen-bond acceptors (Lipinski definition) is 7. The number of aromatic amines is 1. The zero-order valence-electron chi connectivity index (χ0n) is 23.2. The van der Waals surface area contributed by atoms with E-state index in [0.29, 0.717) is 11.5 Å². The molecule has 2 N–H and O–H groups in total. The van der Waals surface area contributed by atoms with Crippen LogP contribution in [0.4, 0.5) is 0 Å². The molecule has 2 aliphatic rings. The molecular weight excluding hydrogens is 504 g/mol. The van der Waals surface area contributed by atoms with Crippen molar-refractivity contribution in [1.82, 2.24) is 40.2 Å². The summed E-state index contributed by atoms with van der Waals surface area (Å²) < 4.78 is 7.20. The first-order chi connectivity index (χ1) is 19.3. The summed E-state index contributed by atoms with van der Waals surface area (Å²) in [6.07, 6.45) is 7.76. The Bertz CT molecular complexity index is 1780. The molecule has 7 rings (SSSR count). The molecule has 1 aromatic carbocycles. The standard InChI is InChI=1S/C30H32N8O2.H2/c1-16-23(17(2)38(4)36-16)25-33-24-21(11-14-31-26(24)34-25)19-9-10-20-18(15-19)7-5-6-8-22(20)32-27(39)28-35-29(37-40-28)30(3)12-13-30;/h9-11,14-15,22H,5-8,12-13H2,1-4H3,(H,32,39)(H,31,33,34);1H. The number of H-pyrrole nitrogens is 1. The van der Waals surface area contributed by atoms with E-state index in [2.05, 4.69) is 55.6 Å². The molecule has 1 atom stereocenters.